The molecule has 0 unspecified atom stereocenters. The number of nitrogens with zero attached hydrogens (tertiary/aromatic N) is 2. The Morgan fingerprint density at radius 2 is 1.03 bits per heavy atom. The van der Waals surface area contributed by atoms with Crippen LogP contribution < -0.4 is 5.01 Å². The quantitative estimate of drug-likeness (QED) is 0.173. The van der Waals surface area contributed by atoms with E-state index in [4.69, 9.17) is 0 Å². The predicted octanol–water partition coefficient (Wildman–Crippen LogP) is 9.17. The molecule has 0 spiro atoms. The second kappa shape index (κ2) is 10.7. The molecule has 174 valence electrons. The highest BCUT2D eigenvalue weighted by Gasteiger charge is 2.09. The molecule has 0 aliphatic carbocycles. The topological polar surface area (TPSA) is 15.6 Å². The summed E-state index contributed by atoms with van der Waals surface area (Å²) in [6.07, 6.45) is 2.03. The van der Waals surface area contributed by atoms with Crippen LogP contribution in [0.15, 0.2) is 145 Å². The normalized spacial score (nSPS) is 11.2. The van der Waals surface area contributed by atoms with Gasteiger partial charge in [-0.3, -0.25) is 0 Å². The zero-order valence-corrected chi connectivity index (χ0v) is 20.4. The summed E-state index contributed by atoms with van der Waals surface area (Å²) in [5.41, 5.74) is 10.4. The number of benzene rings is 5. The molecule has 2 nitrogen and oxygen atoms in total. The van der Waals surface area contributed by atoms with E-state index in [1.807, 2.05) is 41.5 Å². The number of para-hydroxylation sites is 1. The van der Waals surface area contributed by atoms with E-state index in [9.17, 15) is 0 Å². The van der Waals surface area contributed by atoms with Crippen LogP contribution in [0.2, 0.25) is 0 Å². The lowest BCUT2D eigenvalue weighted by molar-refractivity contribution is 1.09. The Morgan fingerprint density at radius 3 is 1.56 bits per heavy atom. The van der Waals surface area contributed by atoms with Gasteiger partial charge >= 0.3 is 0 Å². The van der Waals surface area contributed by atoms with E-state index in [1.54, 1.807) is 0 Å². The minimum Gasteiger partial charge on any atom is -0.241 e. The molecule has 0 aromatic heterocycles. The molecule has 0 saturated heterocycles. The molecule has 0 amide bonds. The molecule has 0 atom stereocenters. The van der Waals surface area contributed by atoms with Crippen LogP contribution in [-0.4, -0.2) is 6.72 Å². The predicted molar refractivity (Wildman–Crippen MR) is 155 cm³/mol. The van der Waals surface area contributed by atoms with Crippen LogP contribution in [0.4, 0.5) is 5.69 Å². The molecule has 0 saturated carbocycles. The lowest BCUT2D eigenvalue weighted by atomic mass is 9.92. The first-order valence-corrected chi connectivity index (χ1v) is 12.1. The van der Waals surface area contributed by atoms with Gasteiger partial charge in [0, 0.05) is 12.9 Å². The average molecular weight is 465 g/mol. The largest absolute Gasteiger partial charge is 0.241 e. The fourth-order valence-corrected chi connectivity index (χ4v) is 4.37. The molecular formula is C34H28N2. The molecule has 0 bridgehead atoms. The molecule has 0 aliphatic rings. The van der Waals surface area contributed by atoms with E-state index in [0.29, 0.717) is 0 Å². The van der Waals surface area contributed by atoms with Gasteiger partial charge in [-0.1, -0.05) is 97.1 Å². The van der Waals surface area contributed by atoms with Crippen molar-refractivity contribution in [3.05, 3.63) is 145 Å². The number of hydrazone groups is 1. The molecule has 0 fully saturated rings. The van der Waals surface area contributed by atoms with Crippen LogP contribution in [0, 0.1) is 0 Å². The molecular weight excluding hydrogens is 436 g/mol. The van der Waals surface area contributed by atoms with Gasteiger partial charge in [0.25, 0.3) is 0 Å². The van der Waals surface area contributed by atoms with E-state index >= 15 is 0 Å². The van der Waals surface area contributed by atoms with Crippen LogP contribution in [0.1, 0.15) is 12.5 Å². The Balaban J connectivity index is 1.57. The van der Waals surface area contributed by atoms with E-state index in [2.05, 4.69) is 122 Å². The lowest BCUT2D eigenvalue weighted by Crippen LogP contribution is -2.07. The molecule has 5 aromatic rings. The van der Waals surface area contributed by atoms with Crippen molar-refractivity contribution in [1.29, 1.82) is 0 Å². The number of hydrogen-bond acceptors (Lipinski definition) is 2. The van der Waals surface area contributed by atoms with Crippen LogP contribution >= 0.6 is 0 Å². The van der Waals surface area contributed by atoms with Crippen molar-refractivity contribution in [2.45, 2.75) is 6.92 Å². The molecule has 5 aromatic carbocycles. The molecule has 0 aliphatic heterocycles. The summed E-state index contributed by atoms with van der Waals surface area (Å²) >= 11 is 0. The molecule has 36 heavy (non-hydrogen) atoms. The molecule has 0 N–H and O–H groups in total. The van der Waals surface area contributed by atoms with Crippen molar-refractivity contribution in [1.82, 2.24) is 0 Å². The number of rotatable bonds is 7. The third kappa shape index (κ3) is 5.18. The van der Waals surface area contributed by atoms with E-state index < -0.39 is 0 Å². The third-order valence-corrected chi connectivity index (χ3v) is 6.29. The van der Waals surface area contributed by atoms with Gasteiger partial charge in [0.1, 0.15) is 0 Å². The summed E-state index contributed by atoms with van der Waals surface area (Å²) in [5, 5.41) is 6.01. The summed E-state index contributed by atoms with van der Waals surface area (Å²) in [5.74, 6) is 0. The monoisotopic (exact) mass is 464 g/mol. The highest BCUT2D eigenvalue weighted by atomic mass is 15.4. The van der Waals surface area contributed by atoms with Gasteiger partial charge < -0.3 is 0 Å². The molecule has 2 heteroatoms. The highest BCUT2D eigenvalue weighted by molar-refractivity contribution is 5.82. The summed E-state index contributed by atoms with van der Waals surface area (Å²) in [4.78, 5) is 0. The summed E-state index contributed by atoms with van der Waals surface area (Å²) in [7, 11) is 0. The Hall–Kier alpha value is -4.69. The summed E-state index contributed by atoms with van der Waals surface area (Å²) in [6.45, 7) is 5.86. The zero-order chi connectivity index (χ0) is 24.7. The second-order valence-electron chi connectivity index (χ2n) is 8.75. The van der Waals surface area contributed by atoms with Crippen LogP contribution in [0.25, 0.3) is 39.0 Å². The van der Waals surface area contributed by atoms with Crippen molar-refractivity contribution < 1.29 is 0 Å². The van der Waals surface area contributed by atoms with Crippen molar-refractivity contribution in [3.8, 4) is 33.4 Å². The van der Waals surface area contributed by atoms with Crippen molar-refractivity contribution in [2.75, 3.05) is 5.01 Å². The maximum absolute atomic E-state index is 4.20. The van der Waals surface area contributed by atoms with Crippen LogP contribution in [0.5, 0.6) is 0 Å². The van der Waals surface area contributed by atoms with E-state index in [0.717, 1.165) is 16.8 Å². The fourth-order valence-electron chi connectivity index (χ4n) is 4.37. The van der Waals surface area contributed by atoms with Gasteiger partial charge in [-0.25, -0.2) is 5.01 Å². The maximum atomic E-state index is 4.20. The van der Waals surface area contributed by atoms with E-state index in [1.165, 1.54) is 33.4 Å². The number of allylic oxidation sites excluding steroid dienone is 1. The minimum atomic E-state index is 0.978. The SMILES string of the molecule is C=NN(/C=C(\C)c1cccc(-c2cc(-c3ccccc3)cc(-c3ccccc3)c2)c1)c1ccccc1. The molecule has 5 rings (SSSR count). The van der Waals surface area contributed by atoms with Crippen molar-refractivity contribution >= 4 is 18.0 Å². The second-order valence-corrected chi connectivity index (χ2v) is 8.75. The Morgan fingerprint density at radius 1 is 0.556 bits per heavy atom. The molecule has 0 radical (unpaired) electrons. The van der Waals surface area contributed by atoms with Gasteiger partial charge in [-0.2, -0.15) is 5.10 Å². The van der Waals surface area contributed by atoms with E-state index in [-0.39, 0.29) is 0 Å². The van der Waals surface area contributed by atoms with Crippen LogP contribution in [-0.2, 0) is 0 Å². The maximum Gasteiger partial charge on any atom is 0.0645 e. The first-order valence-electron chi connectivity index (χ1n) is 12.1. The number of anilines is 1. The van der Waals surface area contributed by atoms with Gasteiger partial charge in [-0.15, -0.1) is 0 Å². The van der Waals surface area contributed by atoms with Crippen molar-refractivity contribution in [3.63, 3.8) is 0 Å². The van der Waals surface area contributed by atoms with Gasteiger partial charge in [0.2, 0.25) is 0 Å². The number of hydrogen-bond donors (Lipinski definition) is 0. The first kappa shape index (κ1) is 23.1. The smallest absolute Gasteiger partial charge is 0.0645 e. The fraction of sp³-hybridized carbons (Fsp3) is 0.0294. The Kier molecular flexibility index (Phi) is 6.86. The van der Waals surface area contributed by atoms with Gasteiger partial charge in [-0.05, 0) is 87.8 Å². The minimum absolute atomic E-state index is 0.978. The Labute approximate surface area is 213 Å². The standard InChI is InChI=1S/C34H28N2/c1-26(25-36(35-2)34-19-10-5-11-20-34)29-17-12-18-30(21-29)33-23-31(27-13-6-3-7-14-27)22-32(24-33)28-15-8-4-9-16-28/h3-25H,2H2,1H3/b26-25+. The Bertz CT molecular complexity index is 1430. The molecule has 0 heterocycles. The summed E-state index contributed by atoms with van der Waals surface area (Å²) < 4.78 is 0. The third-order valence-electron chi connectivity index (χ3n) is 6.29. The van der Waals surface area contributed by atoms with Crippen LogP contribution in [0.3, 0.4) is 0 Å². The first-order chi connectivity index (χ1) is 17.7. The summed E-state index contributed by atoms with van der Waals surface area (Å²) in [6, 6.07) is 46.7. The van der Waals surface area contributed by atoms with Gasteiger partial charge in [0.15, 0.2) is 0 Å². The van der Waals surface area contributed by atoms with Crippen molar-refractivity contribution in [2.24, 2.45) is 5.10 Å². The van der Waals surface area contributed by atoms with Gasteiger partial charge in [0.05, 0.1) is 5.69 Å². The zero-order valence-electron chi connectivity index (χ0n) is 20.4. The highest BCUT2D eigenvalue weighted by Crippen LogP contribution is 2.34. The average Bonchev–Trinajstić information content (AvgIpc) is 2.97. The lowest BCUT2D eigenvalue weighted by Gasteiger charge is -2.16.